The first kappa shape index (κ1) is 39.4. The number of rotatable bonds is 14. The summed E-state index contributed by atoms with van der Waals surface area (Å²) >= 11 is 0. The molecule has 0 spiro atoms. The molecule has 1 nitrogen and oxygen atoms in total. The molecular weight excluding hydrogens is 677 g/mol. The zero-order valence-corrected chi connectivity index (χ0v) is 34.8. The van der Waals surface area contributed by atoms with Crippen molar-refractivity contribution in [3.05, 3.63) is 189 Å². The molecule has 4 aromatic rings. The molecule has 0 N–H and O–H groups in total. The summed E-state index contributed by atoms with van der Waals surface area (Å²) in [5.41, 5.74) is 17.6. The van der Waals surface area contributed by atoms with Crippen LogP contribution in [0.15, 0.2) is 165 Å². The maximum Gasteiger partial charge on any atom is 0.135 e. The van der Waals surface area contributed by atoms with Crippen LogP contribution in [0.4, 0.5) is 0 Å². The van der Waals surface area contributed by atoms with Gasteiger partial charge in [-0.1, -0.05) is 164 Å². The summed E-state index contributed by atoms with van der Waals surface area (Å²) in [5, 5.41) is 1.20. The summed E-state index contributed by atoms with van der Waals surface area (Å²) in [6.07, 6.45) is 34.6. The van der Waals surface area contributed by atoms with Crippen LogP contribution >= 0.6 is 0 Å². The van der Waals surface area contributed by atoms with Crippen LogP contribution in [0.1, 0.15) is 132 Å². The number of benzene rings is 3. The van der Waals surface area contributed by atoms with E-state index in [1.807, 2.05) is 0 Å². The van der Waals surface area contributed by atoms with Gasteiger partial charge >= 0.3 is 0 Å². The highest BCUT2D eigenvalue weighted by atomic mass is 16.3. The van der Waals surface area contributed by atoms with Gasteiger partial charge in [0.25, 0.3) is 0 Å². The Hall–Kier alpha value is -4.88. The molecule has 1 heterocycles. The lowest BCUT2D eigenvalue weighted by Crippen LogP contribution is -2.08. The molecule has 56 heavy (non-hydrogen) atoms. The van der Waals surface area contributed by atoms with Gasteiger partial charge in [-0.3, -0.25) is 0 Å². The van der Waals surface area contributed by atoms with Gasteiger partial charge in [-0.05, 0) is 130 Å². The van der Waals surface area contributed by atoms with Crippen LogP contribution in [-0.2, 0) is 6.42 Å². The zero-order valence-electron chi connectivity index (χ0n) is 34.8. The monoisotopic (exact) mass is 738 g/mol. The first-order valence-corrected chi connectivity index (χ1v) is 21.5. The maximum absolute atomic E-state index is 7.03. The van der Waals surface area contributed by atoms with Crippen LogP contribution in [0.25, 0.3) is 22.1 Å². The van der Waals surface area contributed by atoms with E-state index in [2.05, 4.69) is 169 Å². The van der Waals surface area contributed by atoms with Crippen molar-refractivity contribution in [2.24, 2.45) is 5.92 Å². The van der Waals surface area contributed by atoms with Crippen LogP contribution in [0.5, 0.6) is 0 Å². The van der Waals surface area contributed by atoms with Gasteiger partial charge in [-0.2, -0.15) is 0 Å². The number of fused-ring (bicyclic) bond motifs is 1. The average molecular weight is 739 g/mol. The number of hydrogen-bond acceptors (Lipinski definition) is 1. The minimum Gasteiger partial charge on any atom is -0.460 e. The summed E-state index contributed by atoms with van der Waals surface area (Å²) in [7, 11) is 0. The Morgan fingerprint density at radius 1 is 0.821 bits per heavy atom. The Morgan fingerprint density at radius 2 is 1.55 bits per heavy atom. The molecule has 3 aliphatic carbocycles. The van der Waals surface area contributed by atoms with Crippen molar-refractivity contribution in [1.82, 2.24) is 0 Å². The van der Waals surface area contributed by atoms with E-state index in [0.29, 0.717) is 17.8 Å². The normalized spacial score (nSPS) is 18.7. The Kier molecular flexibility index (Phi) is 12.9. The molecule has 0 fully saturated rings. The van der Waals surface area contributed by atoms with E-state index < -0.39 is 0 Å². The first-order chi connectivity index (χ1) is 27.3. The Balaban J connectivity index is 1.32. The van der Waals surface area contributed by atoms with Crippen LogP contribution < -0.4 is 0 Å². The van der Waals surface area contributed by atoms with E-state index >= 15 is 0 Å². The number of aryl methyl sites for hydroxylation is 1. The molecule has 1 aromatic heterocycles. The van der Waals surface area contributed by atoms with Gasteiger partial charge in [0.15, 0.2) is 0 Å². The average Bonchev–Trinajstić information content (AvgIpc) is 3.54. The van der Waals surface area contributed by atoms with E-state index in [0.717, 1.165) is 75.6 Å². The van der Waals surface area contributed by atoms with E-state index in [-0.39, 0.29) is 0 Å². The zero-order chi connectivity index (χ0) is 39.0. The van der Waals surface area contributed by atoms with Crippen LogP contribution in [0.2, 0.25) is 0 Å². The van der Waals surface area contributed by atoms with E-state index in [9.17, 15) is 0 Å². The molecule has 7 rings (SSSR count). The van der Waals surface area contributed by atoms with Crippen LogP contribution in [0.3, 0.4) is 0 Å². The summed E-state index contributed by atoms with van der Waals surface area (Å²) in [4.78, 5) is 0. The second kappa shape index (κ2) is 18.4. The molecule has 0 radical (unpaired) electrons. The molecule has 1 heteroatoms. The minimum absolute atomic E-state index is 0.297. The lowest BCUT2D eigenvalue weighted by atomic mass is 9.79. The van der Waals surface area contributed by atoms with E-state index in [4.69, 9.17) is 4.42 Å². The van der Waals surface area contributed by atoms with E-state index in [1.165, 1.54) is 61.1 Å². The Labute approximate surface area is 337 Å². The summed E-state index contributed by atoms with van der Waals surface area (Å²) in [5.74, 6) is 2.21. The highest BCUT2D eigenvalue weighted by Crippen LogP contribution is 2.44. The molecule has 3 aromatic carbocycles. The maximum atomic E-state index is 7.03. The molecule has 0 saturated heterocycles. The lowest BCUT2D eigenvalue weighted by molar-refractivity contribution is 0.563. The number of allylic oxidation sites excluding steroid dienone is 16. The molecule has 0 aliphatic heterocycles. The van der Waals surface area contributed by atoms with Gasteiger partial charge in [-0.25, -0.2) is 0 Å². The number of hydrogen-bond donors (Lipinski definition) is 0. The fourth-order valence-electron chi connectivity index (χ4n) is 9.26. The van der Waals surface area contributed by atoms with Gasteiger partial charge in [0.05, 0.1) is 0 Å². The van der Waals surface area contributed by atoms with Gasteiger partial charge in [-0.15, -0.1) is 0 Å². The largest absolute Gasteiger partial charge is 0.460 e. The van der Waals surface area contributed by atoms with Crippen LogP contribution in [0, 0.1) is 12.8 Å². The third-order valence-corrected chi connectivity index (χ3v) is 12.1. The third kappa shape index (κ3) is 9.38. The Bertz CT molecular complexity index is 2270. The quantitative estimate of drug-likeness (QED) is 0.117. The molecule has 3 aliphatic rings. The molecule has 0 bridgehead atoms. The van der Waals surface area contributed by atoms with Gasteiger partial charge in [0, 0.05) is 29.2 Å². The SMILES string of the molecule is CC/C=C\C(=C/CC)C(CC1=CC(C)=CCC1)c1ccc(-c2c(Cc3ccccc3)oc3cc([C@@H](CC4=CC(C)=CCC4)C4=CC(C)CC=C4)ccc23)c(C)c1. The standard InChI is InChI=1S/C55H62O/c1-7-9-24-45(16-8-2)51(34-43-22-13-17-38(3)30-43)47-26-28-49(41(6)33-47)55-50-29-27-48(37-53(50)56-54(55)36-42-20-11-10-12-21-42)52(46-25-15-19-40(5)32-46)35-44-23-14-18-39(4)31-44/h9-12,15-18,20-21,24-33,37,40,51-52H,7-8,13-14,19,22-23,34-36H2,1-6H3/b24-9-,45-16+/t40?,51?,52-/m0/s1. The molecular formula is C55H62O. The van der Waals surface area contributed by atoms with Gasteiger partial charge in [0.2, 0.25) is 0 Å². The van der Waals surface area contributed by atoms with Crippen molar-refractivity contribution in [2.45, 2.75) is 118 Å². The fraction of sp³-hybridized carbons (Fsp3) is 0.345. The van der Waals surface area contributed by atoms with Crippen molar-refractivity contribution < 1.29 is 4.42 Å². The van der Waals surface area contributed by atoms with Crippen molar-refractivity contribution in [3.8, 4) is 11.1 Å². The van der Waals surface area contributed by atoms with Crippen molar-refractivity contribution in [3.63, 3.8) is 0 Å². The molecule has 0 saturated carbocycles. The predicted octanol–water partition coefficient (Wildman–Crippen LogP) is 16.1. The number of furan rings is 1. The lowest BCUT2D eigenvalue weighted by Gasteiger charge is -2.25. The minimum atomic E-state index is 0.297. The highest BCUT2D eigenvalue weighted by Gasteiger charge is 2.25. The van der Waals surface area contributed by atoms with Crippen molar-refractivity contribution >= 4 is 11.0 Å². The van der Waals surface area contributed by atoms with Crippen molar-refractivity contribution in [1.29, 1.82) is 0 Å². The Morgan fingerprint density at radius 3 is 2.23 bits per heavy atom. The fourth-order valence-corrected chi connectivity index (χ4v) is 9.26. The molecule has 2 unspecified atom stereocenters. The molecule has 3 atom stereocenters. The van der Waals surface area contributed by atoms with Crippen molar-refractivity contribution in [2.75, 3.05) is 0 Å². The van der Waals surface area contributed by atoms with Gasteiger partial charge in [0.1, 0.15) is 11.3 Å². The van der Waals surface area contributed by atoms with Gasteiger partial charge < -0.3 is 4.42 Å². The first-order valence-electron chi connectivity index (χ1n) is 21.5. The topological polar surface area (TPSA) is 13.1 Å². The summed E-state index contributed by atoms with van der Waals surface area (Å²) < 4.78 is 7.03. The second-order valence-electron chi connectivity index (χ2n) is 16.7. The summed E-state index contributed by atoms with van der Waals surface area (Å²) in [6, 6.07) is 25.2. The second-order valence-corrected chi connectivity index (χ2v) is 16.7. The summed E-state index contributed by atoms with van der Waals surface area (Å²) in [6.45, 7) is 13.6. The molecule has 288 valence electrons. The smallest absolute Gasteiger partial charge is 0.135 e. The predicted molar refractivity (Wildman–Crippen MR) is 241 cm³/mol. The molecule has 0 amide bonds. The van der Waals surface area contributed by atoms with E-state index in [1.54, 1.807) is 11.1 Å². The third-order valence-electron chi connectivity index (χ3n) is 12.1. The highest BCUT2D eigenvalue weighted by molar-refractivity contribution is 5.97. The van der Waals surface area contributed by atoms with Crippen LogP contribution in [-0.4, -0.2) is 0 Å².